The minimum atomic E-state index is -0.499. The lowest BCUT2D eigenvalue weighted by Crippen LogP contribution is -2.40. The van der Waals surface area contributed by atoms with Crippen LogP contribution in [0.15, 0.2) is 18.3 Å². The SMILES string of the molecule is CCOc1ccc(NC(=O)[C@@H](N)[C@@H](C)CC)cn1. The van der Waals surface area contributed by atoms with E-state index in [1.54, 1.807) is 18.3 Å². The third kappa shape index (κ3) is 4.00. The van der Waals surface area contributed by atoms with Crippen LogP contribution in [0.1, 0.15) is 27.2 Å². The van der Waals surface area contributed by atoms with E-state index in [0.717, 1.165) is 6.42 Å². The zero-order valence-electron chi connectivity index (χ0n) is 11.1. The molecule has 0 aliphatic rings. The average Bonchev–Trinajstić information content (AvgIpc) is 2.39. The minimum Gasteiger partial charge on any atom is -0.478 e. The molecule has 5 nitrogen and oxygen atoms in total. The summed E-state index contributed by atoms with van der Waals surface area (Å²) in [5, 5.41) is 2.74. The van der Waals surface area contributed by atoms with Crippen molar-refractivity contribution < 1.29 is 9.53 Å². The Morgan fingerprint density at radius 3 is 2.72 bits per heavy atom. The molecular weight excluding hydrogens is 230 g/mol. The standard InChI is InChI=1S/C13H21N3O2/c1-4-9(3)12(14)13(17)16-10-6-7-11(15-8-10)18-5-2/h6-9,12H,4-5,14H2,1-3H3,(H,16,17)/t9-,12-/m0/s1. The third-order valence-electron chi connectivity index (χ3n) is 2.86. The molecule has 0 unspecified atom stereocenters. The number of nitrogens with two attached hydrogens (primary N) is 1. The lowest BCUT2D eigenvalue weighted by Gasteiger charge is -2.17. The molecule has 5 heteroatoms. The molecule has 2 atom stereocenters. The van der Waals surface area contributed by atoms with E-state index in [-0.39, 0.29) is 11.8 Å². The smallest absolute Gasteiger partial charge is 0.241 e. The molecule has 100 valence electrons. The fraction of sp³-hybridized carbons (Fsp3) is 0.538. The second-order valence-electron chi connectivity index (χ2n) is 4.22. The summed E-state index contributed by atoms with van der Waals surface area (Å²) in [5.74, 6) is 0.512. The van der Waals surface area contributed by atoms with Gasteiger partial charge in [-0.25, -0.2) is 4.98 Å². The second kappa shape index (κ2) is 6.96. The molecule has 3 N–H and O–H groups in total. The summed E-state index contributed by atoms with van der Waals surface area (Å²) in [5.41, 5.74) is 6.47. The lowest BCUT2D eigenvalue weighted by atomic mass is 9.99. The van der Waals surface area contributed by atoms with Crippen molar-refractivity contribution in [3.63, 3.8) is 0 Å². The number of rotatable bonds is 6. The van der Waals surface area contributed by atoms with Crippen LogP contribution in [0.4, 0.5) is 5.69 Å². The van der Waals surface area contributed by atoms with Gasteiger partial charge in [0, 0.05) is 6.07 Å². The average molecular weight is 251 g/mol. The third-order valence-corrected chi connectivity index (χ3v) is 2.86. The van der Waals surface area contributed by atoms with Gasteiger partial charge in [0.1, 0.15) is 0 Å². The molecule has 1 rings (SSSR count). The number of nitrogens with zero attached hydrogens (tertiary/aromatic N) is 1. The van der Waals surface area contributed by atoms with Gasteiger partial charge < -0.3 is 15.8 Å². The molecule has 1 heterocycles. The normalized spacial score (nSPS) is 13.8. The quantitative estimate of drug-likeness (QED) is 0.808. The van der Waals surface area contributed by atoms with Crippen molar-refractivity contribution in [3.8, 4) is 5.88 Å². The van der Waals surface area contributed by atoms with Crippen LogP contribution < -0.4 is 15.8 Å². The van der Waals surface area contributed by atoms with Gasteiger partial charge in [-0.2, -0.15) is 0 Å². The molecule has 1 amide bonds. The van der Waals surface area contributed by atoms with Crippen molar-refractivity contribution in [3.05, 3.63) is 18.3 Å². The zero-order chi connectivity index (χ0) is 13.5. The van der Waals surface area contributed by atoms with E-state index in [2.05, 4.69) is 10.3 Å². The number of carbonyl (C=O) groups excluding carboxylic acids is 1. The highest BCUT2D eigenvalue weighted by molar-refractivity contribution is 5.94. The molecule has 0 saturated heterocycles. The molecule has 0 spiro atoms. The van der Waals surface area contributed by atoms with Crippen molar-refractivity contribution in [1.82, 2.24) is 4.98 Å². The first-order chi connectivity index (χ1) is 8.58. The first-order valence-electron chi connectivity index (χ1n) is 6.23. The molecule has 0 aliphatic carbocycles. The number of aromatic nitrogens is 1. The van der Waals surface area contributed by atoms with Gasteiger partial charge in [0.2, 0.25) is 11.8 Å². The van der Waals surface area contributed by atoms with Crippen LogP contribution >= 0.6 is 0 Å². The van der Waals surface area contributed by atoms with Crippen LogP contribution in [-0.2, 0) is 4.79 Å². The van der Waals surface area contributed by atoms with Crippen LogP contribution in [0, 0.1) is 5.92 Å². The molecule has 0 aromatic carbocycles. The highest BCUT2D eigenvalue weighted by Crippen LogP contribution is 2.13. The van der Waals surface area contributed by atoms with E-state index < -0.39 is 6.04 Å². The van der Waals surface area contributed by atoms with E-state index in [1.165, 1.54) is 0 Å². The van der Waals surface area contributed by atoms with Crippen molar-refractivity contribution in [2.45, 2.75) is 33.2 Å². The Hall–Kier alpha value is -1.62. The maximum absolute atomic E-state index is 11.8. The number of carbonyl (C=O) groups is 1. The number of ether oxygens (including phenoxy) is 1. The van der Waals surface area contributed by atoms with Crippen LogP contribution in [0.2, 0.25) is 0 Å². The van der Waals surface area contributed by atoms with Crippen molar-refractivity contribution in [2.75, 3.05) is 11.9 Å². The van der Waals surface area contributed by atoms with Gasteiger partial charge in [-0.15, -0.1) is 0 Å². The topological polar surface area (TPSA) is 77.2 Å². The molecule has 0 aliphatic heterocycles. The molecule has 0 fully saturated rings. The zero-order valence-corrected chi connectivity index (χ0v) is 11.1. The van der Waals surface area contributed by atoms with Crippen molar-refractivity contribution in [2.24, 2.45) is 11.7 Å². The Bertz CT molecular complexity index is 378. The number of hydrogen-bond acceptors (Lipinski definition) is 4. The summed E-state index contributed by atoms with van der Waals surface area (Å²) >= 11 is 0. The van der Waals surface area contributed by atoms with E-state index in [1.807, 2.05) is 20.8 Å². The summed E-state index contributed by atoms with van der Waals surface area (Å²) in [6, 6.07) is 2.97. The van der Waals surface area contributed by atoms with E-state index >= 15 is 0 Å². The Morgan fingerprint density at radius 2 is 2.22 bits per heavy atom. The monoisotopic (exact) mass is 251 g/mol. The number of amides is 1. The summed E-state index contributed by atoms with van der Waals surface area (Å²) in [6.45, 7) is 6.43. The van der Waals surface area contributed by atoms with Crippen LogP contribution in [-0.4, -0.2) is 23.5 Å². The number of anilines is 1. The second-order valence-corrected chi connectivity index (χ2v) is 4.22. The summed E-state index contributed by atoms with van der Waals surface area (Å²) in [4.78, 5) is 15.9. The molecule has 0 radical (unpaired) electrons. The number of hydrogen-bond donors (Lipinski definition) is 2. The Kier molecular flexibility index (Phi) is 5.58. The van der Waals surface area contributed by atoms with Crippen LogP contribution in [0.5, 0.6) is 5.88 Å². The molecule has 1 aromatic heterocycles. The fourth-order valence-corrected chi connectivity index (χ4v) is 1.43. The van der Waals surface area contributed by atoms with Gasteiger partial charge in [0.05, 0.1) is 24.5 Å². The van der Waals surface area contributed by atoms with Gasteiger partial charge in [-0.3, -0.25) is 4.79 Å². The van der Waals surface area contributed by atoms with Gasteiger partial charge >= 0.3 is 0 Å². The summed E-state index contributed by atoms with van der Waals surface area (Å²) in [7, 11) is 0. The van der Waals surface area contributed by atoms with Gasteiger partial charge in [0.15, 0.2) is 0 Å². The minimum absolute atomic E-state index is 0.153. The van der Waals surface area contributed by atoms with E-state index in [9.17, 15) is 4.79 Å². The first kappa shape index (κ1) is 14.4. The molecule has 0 bridgehead atoms. The number of pyridine rings is 1. The van der Waals surface area contributed by atoms with Gasteiger partial charge in [0.25, 0.3) is 0 Å². The maximum Gasteiger partial charge on any atom is 0.241 e. The lowest BCUT2D eigenvalue weighted by molar-refractivity contribution is -0.118. The highest BCUT2D eigenvalue weighted by Gasteiger charge is 2.19. The Labute approximate surface area is 108 Å². The highest BCUT2D eigenvalue weighted by atomic mass is 16.5. The van der Waals surface area contributed by atoms with Crippen molar-refractivity contribution in [1.29, 1.82) is 0 Å². The van der Waals surface area contributed by atoms with E-state index in [4.69, 9.17) is 10.5 Å². The first-order valence-corrected chi connectivity index (χ1v) is 6.23. The number of nitrogens with one attached hydrogen (secondary N) is 1. The van der Waals surface area contributed by atoms with Crippen molar-refractivity contribution >= 4 is 11.6 Å². The maximum atomic E-state index is 11.8. The molecule has 0 saturated carbocycles. The Morgan fingerprint density at radius 1 is 1.50 bits per heavy atom. The van der Waals surface area contributed by atoms with Gasteiger partial charge in [-0.05, 0) is 18.9 Å². The fourth-order valence-electron chi connectivity index (χ4n) is 1.43. The Balaban J connectivity index is 2.59. The summed E-state index contributed by atoms with van der Waals surface area (Å²) in [6.07, 6.45) is 2.43. The van der Waals surface area contributed by atoms with Gasteiger partial charge in [-0.1, -0.05) is 20.3 Å². The molecular formula is C13H21N3O2. The van der Waals surface area contributed by atoms with Crippen LogP contribution in [0.25, 0.3) is 0 Å². The molecule has 1 aromatic rings. The van der Waals surface area contributed by atoms with Crippen LogP contribution in [0.3, 0.4) is 0 Å². The molecule has 18 heavy (non-hydrogen) atoms. The predicted octanol–water partition coefficient (Wildman–Crippen LogP) is 1.79. The van der Waals surface area contributed by atoms with E-state index in [0.29, 0.717) is 18.2 Å². The predicted molar refractivity (Wildman–Crippen MR) is 71.5 cm³/mol. The largest absolute Gasteiger partial charge is 0.478 e. The summed E-state index contributed by atoms with van der Waals surface area (Å²) < 4.78 is 5.22.